The number of amides is 1. The molecule has 0 saturated heterocycles. The molecule has 1 aromatic heterocycles. The molecule has 1 amide bonds. The molecule has 2 rings (SSSR count). The van der Waals surface area contributed by atoms with Crippen LogP contribution in [0.4, 0.5) is 0 Å². The minimum Gasteiger partial charge on any atom is -0.346 e. The van der Waals surface area contributed by atoms with Gasteiger partial charge in [-0.3, -0.25) is 9.59 Å². The molecule has 22 heavy (non-hydrogen) atoms. The standard InChI is InChI=1S/C17H22N2O2S/c1-4-6-16(21)18-14(11(3)20)10-17-19-13-8-7-12(5-2)9-15(13)22-17/h7-9,14H,4-6,10H2,1-3H3,(H,18,21)/t14-/m0/s1. The number of Topliss-reactive ketones (excluding diaryl/α,β-unsaturated/α-hetero) is 1. The molecule has 1 N–H and O–H groups in total. The van der Waals surface area contributed by atoms with Crippen LogP contribution in [-0.2, 0) is 22.4 Å². The maximum atomic E-state index is 11.8. The van der Waals surface area contributed by atoms with Crippen molar-refractivity contribution >= 4 is 33.2 Å². The highest BCUT2D eigenvalue weighted by atomic mass is 32.1. The molecule has 2 aromatic rings. The summed E-state index contributed by atoms with van der Waals surface area (Å²) in [6.07, 6.45) is 2.68. The lowest BCUT2D eigenvalue weighted by Crippen LogP contribution is -2.41. The van der Waals surface area contributed by atoms with E-state index < -0.39 is 6.04 Å². The fourth-order valence-corrected chi connectivity index (χ4v) is 3.36. The van der Waals surface area contributed by atoms with Crippen LogP contribution in [-0.4, -0.2) is 22.7 Å². The Kier molecular flexibility index (Phi) is 5.66. The zero-order chi connectivity index (χ0) is 16.1. The second kappa shape index (κ2) is 7.49. The lowest BCUT2D eigenvalue weighted by Gasteiger charge is -2.14. The van der Waals surface area contributed by atoms with E-state index >= 15 is 0 Å². The average molecular weight is 318 g/mol. The highest BCUT2D eigenvalue weighted by Gasteiger charge is 2.19. The zero-order valence-corrected chi connectivity index (χ0v) is 14.1. The number of carbonyl (C=O) groups excluding carboxylic acids is 2. The fourth-order valence-electron chi connectivity index (χ4n) is 2.29. The van der Waals surface area contributed by atoms with Gasteiger partial charge in [-0.05, 0) is 37.5 Å². The molecule has 0 radical (unpaired) electrons. The van der Waals surface area contributed by atoms with Gasteiger partial charge in [-0.25, -0.2) is 4.98 Å². The molecular weight excluding hydrogens is 296 g/mol. The highest BCUT2D eigenvalue weighted by Crippen LogP contribution is 2.24. The number of aryl methyl sites for hydroxylation is 1. The van der Waals surface area contributed by atoms with Crippen LogP contribution in [0, 0.1) is 0 Å². The Morgan fingerprint density at radius 3 is 2.73 bits per heavy atom. The maximum absolute atomic E-state index is 11.8. The van der Waals surface area contributed by atoms with Gasteiger partial charge in [-0.2, -0.15) is 0 Å². The summed E-state index contributed by atoms with van der Waals surface area (Å²) in [6.45, 7) is 5.58. The summed E-state index contributed by atoms with van der Waals surface area (Å²) < 4.78 is 1.14. The monoisotopic (exact) mass is 318 g/mol. The first kappa shape index (κ1) is 16.6. The van der Waals surface area contributed by atoms with Crippen molar-refractivity contribution in [2.24, 2.45) is 0 Å². The van der Waals surface area contributed by atoms with Gasteiger partial charge in [0.15, 0.2) is 5.78 Å². The highest BCUT2D eigenvalue weighted by molar-refractivity contribution is 7.18. The van der Waals surface area contributed by atoms with Gasteiger partial charge in [0.05, 0.1) is 21.3 Å². The topological polar surface area (TPSA) is 59.1 Å². The van der Waals surface area contributed by atoms with Gasteiger partial charge in [0.25, 0.3) is 0 Å². The molecule has 0 aliphatic rings. The number of ketones is 1. The molecule has 0 fully saturated rings. The molecule has 0 saturated carbocycles. The van der Waals surface area contributed by atoms with E-state index in [0.717, 1.165) is 28.1 Å². The van der Waals surface area contributed by atoms with Gasteiger partial charge < -0.3 is 5.32 Å². The summed E-state index contributed by atoms with van der Waals surface area (Å²) in [4.78, 5) is 28.1. The van der Waals surface area contributed by atoms with E-state index in [1.165, 1.54) is 12.5 Å². The van der Waals surface area contributed by atoms with Crippen LogP contribution in [0.5, 0.6) is 0 Å². The summed E-state index contributed by atoms with van der Waals surface area (Å²) in [5.74, 6) is -0.102. The molecule has 0 bridgehead atoms. The Morgan fingerprint density at radius 1 is 1.32 bits per heavy atom. The number of rotatable bonds is 7. The van der Waals surface area contributed by atoms with Crippen molar-refractivity contribution < 1.29 is 9.59 Å². The lowest BCUT2D eigenvalue weighted by atomic mass is 10.1. The predicted octanol–water partition coefficient (Wildman–Crippen LogP) is 3.28. The van der Waals surface area contributed by atoms with Gasteiger partial charge in [0.1, 0.15) is 0 Å². The SMILES string of the molecule is CCCC(=O)N[C@@H](Cc1nc2ccc(CC)cc2s1)C(C)=O. The van der Waals surface area contributed by atoms with Gasteiger partial charge in [0.2, 0.25) is 5.91 Å². The maximum Gasteiger partial charge on any atom is 0.220 e. The Hall–Kier alpha value is -1.75. The normalized spacial score (nSPS) is 12.3. The van der Waals surface area contributed by atoms with Gasteiger partial charge in [-0.1, -0.05) is 19.9 Å². The Balaban J connectivity index is 2.15. The molecule has 0 aliphatic heterocycles. The minimum atomic E-state index is -0.481. The molecule has 4 nitrogen and oxygen atoms in total. The van der Waals surface area contributed by atoms with Gasteiger partial charge in [-0.15, -0.1) is 11.3 Å². The average Bonchev–Trinajstić information content (AvgIpc) is 2.87. The first-order chi connectivity index (χ1) is 10.5. The van der Waals surface area contributed by atoms with Crippen molar-refractivity contribution in [3.05, 3.63) is 28.8 Å². The summed E-state index contributed by atoms with van der Waals surface area (Å²) in [5, 5.41) is 3.70. The number of fused-ring (bicyclic) bond motifs is 1. The largest absolute Gasteiger partial charge is 0.346 e. The molecule has 1 aromatic carbocycles. The Bertz CT molecular complexity index is 678. The quantitative estimate of drug-likeness (QED) is 0.852. The zero-order valence-electron chi connectivity index (χ0n) is 13.3. The van der Waals surface area contributed by atoms with Crippen LogP contribution in [0.2, 0.25) is 0 Å². The van der Waals surface area contributed by atoms with Gasteiger partial charge in [0, 0.05) is 12.8 Å². The summed E-state index contributed by atoms with van der Waals surface area (Å²) in [7, 11) is 0. The molecule has 0 aliphatic carbocycles. The van der Waals surface area contributed by atoms with Crippen LogP contribution in [0.3, 0.4) is 0 Å². The number of benzene rings is 1. The number of carbonyl (C=O) groups is 2. The van der Waals surface area contributed by atoms with Crippen molar-refractivity contribution in [1.29, 1.82) is 0 Å². The van der Waals surface area contributed by atoms with E-state index in [0.29, 0.717) is 12.8 Å². The Morgan fingerprint density at radius 2 is 2.09 bits per heavy atom. The molecular formula is C17H22N2O2S. The molecule has 0 unspecified atom stereocenters. The Labute approximate surface area is 134 Å². The predicted molar refractivity (Wildman–Crippen MR) is 90.2 cm³/mol. The third-order valence-corrected chi connectivity index (χ3v) is 4.63. The fraction of sp³-hybridized carbons (Fsp3) is 0.471. The van der Waals surface area contributed by atoms with Crippen LogP contribution >= 0.6 is 11.3 Å². The smallest absolute Gasteiger partial charge is 0.220 e. The van der Waals surface area contributed by atoms with Crippen molar-refractivity contribution in [2.45, 2.75) is 52.5 Å². The minimum absolute atomic E-state index is 0.0297. The van der Waals surface area contributed by atoms with Crippen molar-refractivity contribution in [3.63, 3.8) is 0 Å². The number of aromatic nitrogens is 1. The summed E-state index contributed by atoms with van der Waals surface area (Å²) >= 11 is 1.60. The number of nitrogens with one attached hydrogen (secondary N) is 1. The number of nitrogens with zero attached hydrogens (tertiary/aromatic N) is 1. The lowest BCUT2D eigenvalue weighted by molar-refractivity contribution is -0.126. The molecule has 5 heteroatoms. The third-order valence-electron chi connectivity index (χ3n) is 3.59. The van der Waals surface area contributed by atoms with E-state index in [9.17, 15) is 9.59 Å². The molecule has 1 atom stereocenters. The van der Waals surface area contributed by atoms with E-state index in [1.54, 1.807) is 11.3 Å². The molecule has 118 valence electrons. The van der Waals surface area contributed by atoms with Crippen molar-refractivity contribution in [3.8, 4) is 0 Å². The third kappa shape index (κ3) is 4.13. The number of hydrogen-bond donors (Lipinski definition) is 1. The number of thiazole rings is 1. The van der Waals surface area contributed by atoms with Crippen LogP contribution in [0.1, 0.15) is 44.2 Å². The first-order valence-electron chi connectivity index (χ1n) is 7.71. The van der Waals surface area contributed by atoms with Gasteiger partial charge >= 0.3 is 0 Å². The van der Waals surface area contributed by atoms with Crippen LogP contribution in [0.25, 0.3) is 10.2 Å². The van der Waals surface area contributed by atoms with E-state index in [2.05, 4.69) is 29.4 Å². The summed E-state index contributed by atoms with van der Waals surface area (Å²) in [5.41, 5.74) is 2.24. The van der Waals surface area contributed by atoms with Crippen LogP contribution < -0.4 is 5.32 Å². The van der Waals surface area contributed by atoms with Crippen molar-refractivity contribution in [1.82, 2.24) is 10.3 Å². The van der Waals surface area contributed by atoms with Crippen LogP contribution in [0.15, 0.2) is 18.2 Å². The second-order valence-electron chi connectivity index (χ2n) is 5.45. The summed E-state index contributed by atoms with van der Waals surface area (Å²) in [6, 6.07) is 5.77. The second-order valence-corrected chi connectivity index (χ2v) is 6.56. The molecule has 1 heterocycles. The first-order valence-corrected chi connectivity index (χ1v) is 8.53. The molecule has 0 spiro atoms. The van der Waals surface area contributed by atoms with E-state index in [-0.39, 0.29) is 11.7 Å². The number of hydrogen-bond acceptors (Lipinski definition) is 4. The van der Waals surface area contributed by atoms with E-state index in [4.69, 9.17) is 0 Å². The van der Waals surface area contributed by atoms with Crippen molar-refractivity contribution in [2.75, 3.05) is 0 Å². The van der Waals surface area contributed by atoms with E-state index in [1.807, 2.05) is 13.0 Å².